The number of carbonyl (C=O) groups excluding carboxylic acids is 2. The van der Waals surface area contributed by atoms with Gasteiger partial charge in [0.2, 0.25) is 16.9 Å². The second-order valence-electron chi connectivity index (χ2n) is 8.90. The van der Waals surface area contributed by atoms with Crippen molar-refractivity contribution in [1.82, 2.24) is 14.3 Å². The number of anilines is 3. The molecule has 0 spiro atoms. The zero-order chi connectivity index (χ0) is 26.2. The maximum Gasteiger partial charge on any atom is 0.263 e. The highest BCUT2D eigenvalue weighted by Gasteiger charge is 2.34. The first-order valence-corrected chi connectivity index (χ1v) is 14.4. The molecule has 3 heterocycles. The summed E-state index contributed by atoms with van der Waals surface area (Å²) in [5.74, 6) is -0.319. The zero-order valence-corrected chi connectivity index (χ0v) is 22.4. The fourth-order valence-corrected chi connectivity index (χ4v) is 6.58. The maximum absolute atomic E-state index is 13.4. The minimum Gasteiger partial charge on any atom is -0.360 e. The Labute approximate surface area is 227 Å². The average molecular weight is 565 g/mol. The van der Waals surface area contributed by atoms with E-state index >= 15 is 0 Å². The first-order valence-electron chi connectivity index (χ1n) is 11.8. The molecule has 10 nitrogen and oxygen atoms in total. The molecular weight excluding hydrogens is 536 g/mol. The fraction of sp³-hybridized carbons (Fsp3) is 0.333. The topological polar surface area (TPSA) is 116 Å². The lowest BCUT2D eigenvalue weighted by Gasteiger charge is -2.40. The molecule has 1 fully saturated rings. The molecule has 1 saturated heterocycles. The molecule has 2 amide bonds. The van der Waals surface area contributed by atoms with Crippen LogP contribution < -0.4 is 14.5 Å². The van der Waals surface area contributed by atoms with Crippen molar-refractivity contribution >= 4 is 61.5 Å². The number of fused-ring (bicyclic) bond motifs is 1. The van der Waals surface area contributed by atoms with Gasteiger partial charge in [-0.15, -0.1) is 0 Å². The van der Waals surface area contributed by atoms with Crippen LogP contribution in [0.2, 0.25) is 5.02 Å². The Morgan fingerprint density at radius 1 is 1.16 bits per heavy atom. The van der Waals surface area contributed by atoms with E-state index in [4.69, 9.17) is 11.6 Å². The standard InChI is InChI=1S/C24H25ClN6O4S2.2H2/c1-16(30-10-2-3-17-13-18(25)4-9-21(17)30)23(33)29-11-12-31(22(32)14-29)19-5-7-20(8-6-19)37(34,35)28-24-26-15-27-36-24;;/h4-9,13,15-16H,2-3,10-12,14H2,1H3,(H,26,27,28);2*1H/t16-;;/m0../s1. The largest absolute Gasteiger partial charge is 0.360 e. The number of aromatic nitrogens is 2. The molecular formula is C24H29ClN6O4S2. The van der Waals surface area contributed by atoms with Gasteiger partial charge in [-0.3, -0.25) is 14.3 Å². The Bertz CT molecular complexity index is 1430. The monoisotopic (exact) mass is 564 g/mol. The number of halogens is 1. The number of piperazine rings is 1. The average Bonchev–Trinajstić information content (AvgIpc) is 3.39. The Balaban J connectivity index is 0.00000210. The van der Waals surface area contributed by atoms with Crippen molar-refractivity contribution < 1.29 is 20.9 Å². The normalized spacial score (nSPS) is 16.9. The highest BCUT2D eigenvalue weighted by molar-refractivity contribution is 7.93. The van der Waals surface area contributed by atoms with Crippen molar-refractivity contribution in [2.24, 2.45) is 0 Å². The number of nitrogens with zero attached hydrogens (tertiary/aromatic N) is 5. The van der Waals surface area contributed by atoms with E-state index in [-0.39, 0.29) is 31.2 Å². The van der Waals surface area contributed by atoms with E-state index in [9.17, 15) is 18.0 Å². The highest BCUT2D eigenvalue weighted by atomic mass is 35.5. The summed E-state index contributed by atoms with van der Waals surface area (Å²) in [6.45, 7) is 3.30. The third-order valence-electron chi connectivity index (χ3n) is 6.60. The van der Waals surface area contributed by atoms with Crippen molar-refractivity contribution in [2.45, 2.75) is 30.7 Å². The van der Waals surface area contributed by atoms with E-state index in [1.807, 2.05) is 25.1 Å². The summed E-state index contributed by atoms with van der Waals surface area (Å²) in [5.41, 5.74) is 2.71. The summed E-state index contributed by atoms with van der Waals surface area (Å²) in [6.07, 6.45) is 3.12. The van der Waals surface area contributed by atoms with Crippen LogP contribution in [-0.4, -0.2) is 66.7 Å². The van der Waals surface area contributed by atoms with Crippen LogP contribution in [0.1, 0.15) is 21.8 Å². The van der Waals surface area contributed by atoms with Crippen LogP contribution in [0, 0.1) is 0 Å². The van der Waals surface area contributed by atoms with E-state index in [1.54, 1.807) is 21.9 Å². The molecule has 0 unspecified atom stereocenters. The number of carbonyl (C=O) groups is 2. The Hall–Kier alpha value is -3.22. The van der Waals surface area contributed by atoms with Crippen LogP contribution in [0.4, 0.5) is 16.5 Å². The minimum absolute atomic E-state index is 0. The van der Waals surface area contributed by atoms with Crippen LogP contribution in [0.3, 0.4) is 0 Å². The van der Waals surface area contributed by atoms with Crippen molar-refractivity contribution in [3.63, 3.8) is 0 Å². The number of rotatable bonds is 6. The van der Waals surface area contributed by atoms with E-state index in [0.29, 0.717) is 23.8 Å². The van der Waals surface area contributed by atoms with E-state index in [2.05, 4.69) is 19.0 Å². The molecule has 13 heteroatoms. The highest BCUT2D eigenvalue weighted by Crippen LogP contribution is 2.31. The SMILES string of the molecule is C[C@@H](C(=O)N1CCN(c2ccc(S(=O)(=O)Nc3ncns3)cc2)C(=O)C1)N1CCCc2cc(Cl)ccc21.[HH].[HH]. The first kappa shape index (κ1) is 25.4. The molecule has 3 aromatic rings. The number of sulfonamides is 1. The second-order valence-corrected chi connectivity index (χ2v) is 11.8. The Kier molecular flexibility index (Phi) is 7.06. The van der Waals surface area contributed by atoms with Gasteiger partial charge in [0.15, 0.2) is 0 Å². The molecule has 37 heavy (non-hydrogen) atoms. The van der Waals surface area contributed by atoms with Crippen LogP contribution in [0.5, 0.6) is 0 Å². The number of amides is 2. The van der Waals surface area contributed by atoms with Gasteiger partial charge in [-0.25, -0.2) is 13.4 Å². The van der Waals surface area contributed by atoms with E-state index in [0.717, 1.165) is 42.2 Å². The van der Waals surface area contributed by atoms with Gasteiger partial charge in [0.05, 0.1) is 4.90 Å². The number of benzene rings is 2. The first-order chi connectivity index (χ1) is 17.7. The quantitative estimate of drug-likeness (QED) is 0.487. The van der Waals surface area contributed by atoms with Crippen molar-refractivity contribution in [3.8, 4) is 0 Å². The second kappa shape index (κ2) is 10.3. The number of hydrogen-bond acceptors (Lipinski definition) is 8. The molecule has 1 atom stereocenters. The molecule has 0 bridgehead atoms. The Morgan fingerprint density at radius 3 is 2.65 bits per heavy atom. The van der Waals surface area contributed by atoms with Gasteiger partial charge in [-0.2, -0.15) is 4.37 Å². The molecule has 1 aromatic heterocycles. The third kappa shape index (κ3) is 5.27. The number of hydrogen-bond donors (Lipinski definition) is 1. The molecule has 5 rings (SSSR count). The number of nitrogens with one attached hydrogen (secondary N) is 1. The summed E-state index contributed by atoms with van der Waals surface area (Å²) in [7, 11) is -3.82. The molecule has 0 saturated carbocycles. The van der Waals surface area contributed by atoms with Gasteiger partial charge >= 0.3 is 0 Å². The van der Waals surface area contributed by atoms with Gasteiger partial charge < -0.3 is 14.7 Å². The molecule has 198 valence electrons. The minimum atomic E-state index is -3.82. The van der Waals surface area contributed by atoms with Crippen LogP contribution in [0.15, 0.2) is 53.7 Å². The lowest BCUT2D eigenvalue weighted by molar-refractivity contribution is -0.137. The molecule has 0 aliphatic carbocycles. The van der Waals surface area contributed by atoms with Crippen molar-refractivity contribution in [3.05, 3.63) is 59.4 Å². The smallest absolute Gasteiger partial charge is 0.263 e. The van der Waals surface area contributed by atoms with Gasteiger partial charge in [0.25, 0.3) is 10.0 Å². The summed E-state index contributed by atoms with van der Waals surface area (Å²) in [6, 6.07) is 11.4. The predicted molar refractivity (Wildman–Crippen MR) is 147 cm³/mol. The molecule has 2 aliphatic heterocycles. The van der Waals surface area contributed by atoms with Gasteiger partial charge in [0.1, 0.15) is 18.9 Å². The summed E-state index contributed by atoms with van der Waals surface area (Å²) in [5, 5.41) is 0.853. The van der Waals surface area contributed by atoms with E-state index < -0.39 is 16.1 Å². The molecule has 2 aromatic carbocycles. The molecule has 2 aliphatic rings. The van der Waals surface area contributed by atoms with Gasteiger partial charge in [0, 0.05) is 50.4 Å². The third-order valence-corrected chi connectivity index (χ3v) is 8.89. The van der Waals surface area contributed by atoms with Crippen LogP contribution >= 0.6 is 23.1 Å². The van der Waals surface area contributed by atoms with Crippen molar-refractivity contribution in [1.29, 1.82) is 0 Å². The summed E-state index contributed by atoms with van der Waals surface area (Å²) >= 11 is 7.09. The predicted octanol–water partition coefficient (Wildman–Crippen LogP) is 3.50. The van der Waals surface area contributed by atoms with Gasteiger partial charge in [-0.1, -0.05) is 11.6 Å². The van der Waals surface area contributed by atoms with Crippen LogP contribution in [-0.2, 0) is 26.0 Å². The number of aryl methyl sites for hydroxylation is 1. The zero-order valence-electron chi connectivity index (χ0n) is 20.0. The lowest BCUT2D eigenvalue weighted by atomic mass is 10.00. The van der Waals surface area contributed by atoms with E-state index in [1.165, 1.54) is 18.5 Å². The van der Waals surface area contributed by atoms with Gasteiger partial charge in [-0.05, 0) is 67.8 Å². The Morgan fingerprint density at radius 2 is 1.95 bits per heavy atom. The summed E-state index contributed by atoms with van der Waals surface area (Å²) in [4.78, 5) is 35.5. The maximum atomic E-state index is 13.4. The summed E-state index contributed by atoms with van der Waals surface area (Å²) < 4.78 is 31.2. The fourth-order valence-electron chi connectivity index (χ4n) is 4.73. The molecule has 0 radical (unpaired) electrons. The van der Waals surface area contributed by atoms with Crippen LogP contribution in [0.25, 0.3) is 0 Å². The lowest BCUT2D eigenvalue weighted by Crippen LogP contribution is -2.57. The molecule has 1 N–H and O–H groups in total. The van der Waals surface area contributed by atoms with Crippen molar-refractivity contribution in [2.75, 3.05) is 40.7 Å².